The van der Waals surface area contributed by atoms with Crippen LogP contribution in [0.25, 0.3) is 0 Å². The molecule has 2 aromatic rings. The van der Waals surface area contributed by atoms with Gasteiger partial charge < -0.3 is 10.6 Å². The first-order valence-electron chi connectivity index (χ1n) is 8.51. The third-order valence-electron chi connectivity index (χ3n) is 4.39. The van der Waals surface area contributed by atoms with Crippen molar-refractivity contribution in [2.24, 2.45) is 0 Å². The van der Waals surface area contributed by atoms with E-state index in [1.807, 2.05) is 0 Å². The standard InChI is InChI=1S/C18H25N5/c1-13-9-10-16(14(2)11-13)21-18-22-17(12-19-23-18)20-15-7-5-3-4-6-8-15/h9-12,15H,3-8H2,1-2H3,(H2,20,21,22,23). The molecular weight excluding hydrogens is 286 g/mol. The fourth-order valence-corrected chi connectivity index (χ4v) is 3.13. The van der Waals surface area contributed by atoms with Crippen LogP contribution in [0.2, 0.25) is 0 Å². The molecule has 3 rings (SSSR count). The largest absolute Gasteiger partial charge is 0.366 e. The molecule has 0 radical (unpaired) electrons. The molecule has 0 saturated heterocycles. The van der Waals surface area contributed by atoms with Crippen LogP contribution in [-0.2, 0) is 0 Å². The molecule has 5 heteroatoms. The Kier molecular flexibility index (Phi) is 5.05. The Morgan fingerprint density at radius 3 is 2.57 bits per heavy atom. The highest BCUT2D eigenvalue weighted by Gasteiger charge is 2.13. The Morgan fingerprint density at radius 1 is 1.04 bits per heavy atom. The van der Waals surface area contributed by atoms with E-state index in [9.17, 15) is 0 Å². The van der Waals surface area contributed by atoms with Gasteiger partial charge in [-0.2, -0.15) is 10.1 Å². The van der Waals surface area contributed by atoms with Gasteiger partial charge in [0.05, 0.1) is 6.20 Å². The lowest BCUT2D eigenvalue weighted by molar-refractivity contribution is 0.617. The topological polar surface area (TPSA) is 62.7 Å². The van der Waals surface area contributed by atoms with Crippen molar-refractivity contribution in [3.63, 3.8) is 0 Å². The molecule has 1 heterocycles. The van der Waals surface area contributed by atoms with E-state index in [1.165, 1.54) is 49.7 Å². The van der Waals surface area contributed by atoms with Crippen molar-refractivity contribution in [1.82, 2.24) is 15.2 Å². The maximum atomic E-state index is 4.56. The highest BCUT2D eigenvalue weighted by atomic mass is 15.3. The summed E-state index contributed by atoms with van der Waals surface area (Å²) in [6, 6.07) is 6.78. The van der Waals surface area contributed by atoms with E-state index in [-0.39, 0.29) is 0 Å². The Balaban J connectivity index is 1.69. The van der Waals surface area contributed by atoms with E-state index >= 15 is 0 Å². The molecule has 0 spiro atoms. The van der Waals surface area contributed by atoms with Crippen molar-refractivity contribution in [2.45, 2.75) is 58.4 Å². The maximum Gasteiger partial charge on any atom is 0.249 e. The minimum absolute atomic E-state index is 0.503. The van der Waals surface area contributed by atoms with E-state index in [2.05, 4.69) is 57.9 Å². The van der Waals surface area contributed by atoms with Crippen LogP contribution in [0, 0.1) is 13.8 Å². The Hall–Kier alpha value is -2.17. The zero-order valence-corrected chi connectivity index (χ0v) is 14.0. The molecule has 1 aliphatic carbocycles. The molecule has 122 valence electrons. The van der Waals surface area contributed by atoms with Gasteiger partial charge in [-0.1, -0.05) is 43.4 Å². The summed E-state index contributed by atoms with van der Waals surface area (Å²) in [4.78, 5) is 4.56. The summed E-state index contributed by atoms with van der Waals surface area (Å²) in [5, 5.41) is 15.0. The van der Waals surface area contributed by atoms with Gasteiger partial charge in [-0.15, -0.1) is 5.10 Å². The van der Waals surface area contributed by atoms with Gasteiger partial charge in [0.25, 0.3) is 0 Å². The quantitative estimate of drug-likeness (QED) is 0.821. The number of nitrogens with zero attached hydrogens (tertiary/aromatic N) is 3. The highest BCUT2D eigenvalue weighted by molar-refractivity contribution is 5.59. The smallest absolute Gasteiger partial charge is 0.249 e. The van der Waals surface area contributed by atoms with Gasteiger partial charge in [0.1, 0.15) is 0 Å². The van der Waals surface area contributed by atoms with Crippen LogP contribution in [0.4, 0.5) is 17.5 Å². The first-order chi connectivity index (χ1) is 11.2. The van der Waals surface area contributed by atoms with E-state index in [4.69, 9.17) is 0 Å². The molecule has 1 fully saturated rings. The molecule has 2 N–H and O–H groups in total. The number of anilines is 3. The summed E-state index contributed by atoms with van der Waals surface area (Å²) in [5.74, 6) is 1.34. The molecule has 0 aliphatic heterocycles. The molecule has 1 saturated carbocycles. The van der Waals surface area contributed by atoms with Crippen molar-refractivity contribution >= 4 is 17.5 Å². The van der Waals surface area contributed by atoms with Crippen molar-refractivity contribution in [3.8, 4) is 0 Å². The highest BCUT2D eigenvalue weighted by Crippen LogP contribution is 2.22. The van der Waals surface area contributed by atoms with Gasteiger partial charge >= 0.3 is 0 Å². The molecule has 0 amide bonds. The predicted molar refractivity (Wildman–Crippen MR) is 94.1 cm³/mol. The second-order valence-corrected chi connectivity index (χ2v) is 6.44. The number of hydrogen-bond acceptors (Lipinski definition) is 5. The van der Waals surface area contributed by atoms with E-state index in [1.54, 1.807) is 6.20 Å². The van der Waals surface area contributed by atoms with Crippen molar-refractivity contribution < 1.29 is 0 Å². The van der Waals surface area contributed by atoms with Crippen LogP contribution in [0.1, 0.15) is 49.7 Å². The van der Waals surface area contributed by atoms with Crippen LogP contribution in [0.5, 0.6) is 0 Å². The minimum Gasteiger partial charge on any atom is -0.366 e. The summed E-state index contributed by atoms with van der Waals surface area (Å²) in [6.45, 7) is 4.17. The Labute approximate surface area is 137 Å². The van der Waals surface area contributed by atoms with Crippen LogP contribution in [0.15, 0.2) is 24.4 Å². The van der Waals surface area contributed by atoms with E-state index < -0.39 is 0 Å². The SMILES string of the molecule is Cc1ccc(Nc2nncc(NC3CCCCCC3)n2)c(C)c1. The molecule has 0 unspecified atom stereocenters. The maximum absolute atomic E-state index is 4.56. The van der Waals surface area contributed by atoms with Crippen molar-refractivity contribution in [1.29, 1.82) is 0 Å². The lowest BCUT2D eigenvalue weighted by atomic mass is 10.1. The summed E-state index contributed by atoms with van der Waals surface area (Å²) in [6.07, 6.45) is 9.42. The average Bonchev–Trinajstić information content (AvgIpc) is 2.79. The Morgan fingerprint density at radius 2 is 1.83 bits per heavy atom. The van der Waals surface area contributed by atoms with Crippen molar-refractivity contribution in [2.75, 3.05) is 10.6 Å². The van der Waals surface area contributed by atoms with Crippen LogP contribution >= 0.6 is 0 Å². The second kappa shape index (κ2) is 7.40. The molecule has 1 aromatic heterocycles. The predicted octanol–water partition coefficient (Wildman–Crippen LogP) is 4.37. The number of aromatic nitrogens is 3. The van der Waals surface area contributed by atoms with Crippen LogP contribution in [0.3, 0.4) is 0 Å². The monoisotopic (exact) mass is 311 g/mol. The van der Waals surface area contributed by atoms with Crippen LogP contribution in [-0.4, -0.2) is 21.2 Å². The summed E-state index contributed by atoms with van der Waals surface area (Å²) < 4.78 is 0. The third-order valence-corrected chi connectivity index (χ3v) is 4.39. The molecular formula is C18H25N5. The normalized spacial score (nSPS) is 15.9. The van der Waals surface area contributed by atoms with Gasteiger partial charge in [-0.3, -0.25) is 0 Å². The molecule has 1 aliphatic rings. The van der Waals surface area contributed by atoms with E-state index in [0.717, 1.165) is 11.5 Å². The molecule has 1 aromatic carbocycles. The fourth-order valence-electron chi connectivity index (χ4n) is 3.13. The third kappa shape index (κ3) is 4.41. The lowest BCUT2D eigenvalue weighted by Crippen LogP contribution is -2.19. The van der Waals surface area contributed by atoms with Gasteiger partial charge in [0.2, 0.25) is 5.95 Å². The lowest BCUT2D eigenvalue weighted by Gasteiger charge is -2.17. The second-order valence-electron chi connectivity index (χ2n) is 6.44. The number of nitrogens with one attached hydrogen (secondary N) is 2. The summed E-state index contributed by atoms with van der Waals surface area (Å²) >= 11 is 0. The molecule has 0 bridgehead atoms. The fraction of sp³-hybridized carbons (Fsp3) is 0.500. The van der Waals surface area contributed by atoms with Crippen molar-refractivity contribution in [3.05, 3.63) is 35.5 Å². The zero-order valence-electron chi connectivity index (χ0n) is 14.0. The zero-order chi connectivity index (χ0) is 16.1. The summed E-state index contributed by atoms with van der Waals surface area (Å²) in [5.41, 5.74) is 3.44. The van der Waals surface area contributed by atoms with Gasteiger partial charge in [0, 0.05) is 11.7 Å². The average molecular weight is 311 g/mol. The number of hydrogen-bond donors (Lipinski definition) is 2. The number of rotatable bonds is 4. The molecule has 5 nitrogen and oxygen atoms in total. The Bertz CT molecular complexity index is 648. The molecule has 0 atom stereocenters. The first-order valence-corrected chi connectivity index (χ1v) is 8.51. The van der Waals surface area contributed by atoms with Crippen LogP contribution < -0.4 is 10.6 Å². The van der Waals surface area contributed by atoms with Gasteiger partial charge in [-0.25, -0.2) is 0 Å². The number of aryl methyl sites for hydroxylation is 2. The molecule has 23 heavy (non-hydrogen) atoms. The van der Waals surface area contributed by atoms with E-state index in [0.29, 0.717) is 12.0 Å². The number of benzene rings is 1. The van der Waals surface area contributed by atoms with Gasteiger partial charge in [0.15, 0.2) is 5.82 Å². The minimum atomic E-state index is 0.503. The van der Waals surface area contributed by atoms with Gasteiger partial charge in [-0.05, 0) is 38.3 Å². The first kappa shape index (κ1) is 15.7. The summed E-state index contributed by atoms with van der Waals surface area (Å²) in [7, 11) is 0.